The fourth-order valence-electron chi connectivity index (χ4n) is 2.84. The van der Waals surface area contributed by atoms with E-state index in [0.717, 1.165) is 37.4 Å². The molecule has 1 aromatic heterocycles. The first-order chi connectivity index (χ1) is 10.0. The van der Waals surface area contributed by atoms with E-state index < -0.39 is 0 Å². The third-order valence-electron chi connectivity index (χ3n) is 4.28. The standard InChI is InChI=1S/C14H23N5OS/c1-8-7-19(2)6-5-10(8)17-14-11(12(15)18-21-14)13(20)16-9-3-4-9/h8-10,17H,3-7H2,1-2H3,(H2,15,18)(H,16,20). The van der Waals surface area contributed by atoms with Crippen molar-refractivity contribution >= 4 is 28.3 Å². The van der Waals surface area contributed by atoms with Gasteiger partial charge in [-0.15, -0.1) is 0 Å². The number of nitrogens with two attached hydrogens (primary N) is 1. The average molecular weight is 309 g/mol. The predicted octanol–water partition coefficient (Wildman–Crippen LogP) is 1.37. The molecule has 116 valence electrons. The van der Waals surface area contributed by atoms with Crippen molar-refractivity contribution in [2.45, 2.75) is 38.3 Å². The van der Waals surface area contributed by atoms with Gasteiger partial charge in [0.2, 0.25) is 0 Å². The molecule has 0 radical (unpaired) electrons. The Balaban J connectivity index is 1.71. The number of carbonyl (C=O) groups is 1. The molecule has 0 spiro atoms. The molecule has 21 heavy (non-hydrogen) atoms. The summed E-state index contributed by atoms with van der Waals surface area (Å²) in [4.78, 5) is 14.6. The maximum atomic E-state index is 12.3. The molecular weight excluding hydrogens is 286 g/mol. The summed E-state index contributed by atoms with van der Waals surface area (Å²) in [5.41, 5.74) is 6.42. The highest BCUT2D eigenvalue weighted by Gasteiger charge is 2.30. The van der Waals surface area contributed by atoms with Gasteiger partial charge in [0.05, 0.1) is 0 Å². The fourth-order valence-corrected chi connectivity index (χ4v) is 3.62. The van der Waals surface area contributed by atoms with Crippen LogP contribution in [0.2, 0.25) is 0 Å². The molecule has 2 heterocycles. The van der Waals surface area contributed by atoms with E-state index in [2.05, 4.69) is 33.9 Å². The second-order valence-corrected chi connectivity index (χ2v) is 7.07. The quantitative estimate of drug-likeness (QED) is 0.782. The molecule has 2 fully saturated rings. The average Bonchev–Trinajstić information content (AvgIpc) is 3.15. The molecule has 1 aromatic rings. The van der Waals surface area contributed by atoms with Crippen molar-refractivity contribution in [1.29, 1.82) is 0 Å². The summed E-state index contributed by atoms with van der Waals surface area (Å²) < 4.78 is 4.16. The molecule has 2 unspecified atom stereocenters. The molecule has 4 N–H and O–H groups in total. The van der Waals surface area contributed by atoms with Crippen molar-refractivity contribution in [3.05, 3.63) is 5.56 Å². The van der Waals surface area contributed by atoms with Gasteiger partial charge >= 0.3 is 0 Å². The summed E-state index contributed by atoms with van der Waals surface area (Å²) >= 11 is 1.29. The van der Waals surface area contributed by atoms with Crippen molar-refractivity contribution in [3.8, 4) is 0 Å². The van der Waals surface area contributed by atoms with Crippen molar-refractivity contribution in [2.75, 3.05) is 31.2 Å². The van der Waals surface area contributed by atoms with Crippen molar-refractivity contribution in [1.82, 2.24) is 14.6 Å². The molecule has 0 aromatic carbocycles. The Bertz CT molecular complexity index is 527. The van der Waals surface area contributed by atoms with Crippen LogP contribution in [0, 0.1) is 5.92 Å². The lowest BCUT2D eigenvalue weighted by Gasteiger charge is -2.35. The molecule has 7 heteroatoms. The second kappa shape index (κ2) is 5.81. The SMILES string of the molecule is CC1CN(C)CCC1Nc1snc(N)c1C(=O)NC1CC1. The van der Waals surface area contributed by atoms with E-state index in [4.69, 9.17) is 5.73 Å². The lowest BCUT2D eigenvalue weighted by molar-refractivity contribution is 0.0953. The minimum Gasteiger partial charge on any atom is -0.382 e. The van der Waals surface area contributed by atoms with Gasteiger partial charge in [-0.2, -0.15) is 4.37 Å². The summed E-state index contributed by atoms with van der Waals surface area (Å²) in [6.45, 7) is 4.37. The van der Waals surface area contributed by atoms with Crippen LogP contribution in [0.15, 0.2) is 0 Å². The number of nitrogen functional groups attached to an aromatic ring is 1. The monoisotopic (exact) mass is 309 g/mol. The van der Waals surface area contributed by atoms with E-state index in [1.54, 1.807) is 0 Å². The maximum absolute atomic E-state index is 12.3. The van der Waals surface area contributed by atoms with Gasteiger partial charge < -0.3 is 21.3 Å². The lowest BCUT2D eigenvalue weighted by Crippen LogP contribution is -2.43. The summed E-state index contributed by atoms with van der Waals surface area (Å²) in [6.07, 6.45) is 3.20. The zero-order valence-corrected chi connectivity index (χ0v) is 13.4. The molecule has 3 rings (SSSR count). The van der Waals surface area contributed by atoms with Gasteiger partial charge in [0.25, 0.3) is 5.91 Å². The van der Waals surface area contributed by atoms with Crippen LogP contribution in [0.4, 0.5) is 10.8 Å². The first-order valence-corrected chi connectivity index (χ1v) is 8.33. The lowest BCUT2D eigenvalue weighted by atomic mass is 9.94. The molecule has 0 bridgehead atoms. The van der Waals surface area contributed by atoms with E-state index in [1.165, 1.54) is 11.5 Å². The first kappa shape index (κ1) is 14.6. The highest BCUT2D eigenvalue weighted by atomic mass is 32.1. The number of nitrogens with zero attached hydrogens (tertiary/aromatic N) is 2. The molecule has 1 saturated carbocycles. The number of aromatic nitrogens is 1. The molecule has 2 atom stereocenters. The van der Waals surface area contributed by atoms with Crippen LogP contribution in [0.5, 0.6) is 0 Å². The molecule has 1 amide bonds. The van der Waals surface area contributed by atoms with Crippen LogP contribution in [-0.4, -0.2) is 47.4 Å². The van der Waals surface area contributed by atoms with Gasteiger partial charge in [0, 0.05) is 18.6 Å². The summed E-state index contributed by atoms with van der Waals surface area (Å²) in [6, 6.07) is 0.695. The van der Waals surface area contributed by atoms with Gasteiger partial charge in [-0.05, 0) is 50.3 Å². The summed E-state index contributed by atoms with van der Waals surface area (Å²) in [5, 5.41) is 7.31. The van der Waals surface area contributed by atoms with Crippen LogP contribution in [-0.2, 0) is 0 Å². The van der Waals surface area contributed by atoms with Crippen LogP contribution in [0.3, 0.4) is 0 Å². The topological polar surface area (TPSA) is 83.3 Å². The Labute approximate surface area is 129 Å². The zero-order chi connectivity index (χ0) is 15.0. The van der Waals surface area contributed by atoms with Crippen LogP contribution in [0.1, 0.15) is 36.5 Å². The number of anilines is 2. The Hall–Kier alpha value is -1.34. The Morgan fingerprint density at radius 1 is 1.43 bits per heavy atom. The molecule has 2 aliphatic rings. The molecule has 6 nitrogen and oxygen atoms in total. The van der Waals surface area contributed by atoms with Crippen molar-refractivity contribution in [3.63, 3.8) is 0 Å². The smallest absolute Gasteiger partial charge is 0.258 e. The number of carbonyl (C=O) groups excluding carboxylic acids is 1. The summed E-state index contributed by atoms with van der Waals surface area (Å²) in [7, 11) is 2.14. The molecule has 1 aliphatic heterocycles. The van der Waals surface area contributed by atoms with Crippen LogP contribution in [0.25, 0.3) is 0 Å². The Kier molecular flexibility index (Phi) is 4.03. The third kappa shape index (κ3) is 3.29. The normalized spacial score (nSPS) is 26.6. The van der Waals surface area contributed by atoms with Gasteiger partial charge in [-0.3, -0.25) is 4.79 Å². The number of piperidine rings is 1. The first-order valence-electron chi connectivity index (χ1n) is 7.55. The van der Waals surface area contributed by atoms with Gasteiger partial charge in [0.15, 0.2) is 5.82 Å². The zero-order valence-electron chi connectivity index (χ0n) is 12.6. The number of amides is 1. The van der Waals surface area contributed by atoms with E-state index in [-0.39, 0.29) is 5.91 Å². The fraction of sp³-hybridized carbons (Fsp3) is 0.714. The Morgan fingerprint density at radius 3 is 2.86 bits per heavy atom. The highest BCUT2D eigenvalue weighted by Crippen LogP contribution is 2.31. The van der Waals surface area contributed by atoms with Crippen LogP contribution >= 0.6 is 11.5 Å². The third-order valence-corrected chi connectivity index (χ3v) is 5.08. The molecule has 1 saturated heterocycles. The van der Waals surface area contributed by atoms with E-state index >= 15 is 0 Å². The minimum absolute atomic E-state index is 0.0909. The number of rotatable bonds is 4. The maximum Gasteiger partial charge on any atom is 0.258 e. The largest absolute Gasteiger partial charge is 0.382 e. The van der Waals surface area contributed by atoms with E-state index in [0.29, 0.717) is 29.4 Å². The van der Waals surface area contributed by atoms with Gasteiger partial charge in [-0.25, -0.2) is 0 Å². The van der Waals surface area contributed by atoms with Gasteiger partial charge in [0.1, 0.15) is 10.6 Å². The van der Waals surface area contributed by atoms with Gasteiger partial charge in [-0.1, -0.05) is 6.92 Å². The number of hydrogen-bond acceptors (Lipinski definition) is 6. The number of hydrogen-bond donors (Lipinski definition) is 3. The van der Waals surface area contributed by atoms with Crippen molar-refractivity contribution < 1.29 is 4.79 Å². The summed E-state index contributed by atoms with van der Waals surface area (Å²) in [5.74, 6) is 0.777. The van der Waals surface area contributed by atoms with E-state index in [1.807, 2.05) is 0 Å². The number of nitrogens with one attached hydrogen (secondary N) is 2. The molecular formula is C14H23N5OS. The molecule has 1 aliphatic carbocycles. The Morgan fingerprint density at radius 2 is 2.19 bits per heavy atom. The van der Waals surface area contributed by atoms with E-state index in [9.17, 15) is 4.79 Å². The van der Waals surface area contributed by atoms with Crippen LogP contribution < -0.4 is 16.4 Å². The van der Waals surface area contributed by atoms with Crippen molar-refractivity contribution in [2.24, 2.45) is 5.92 Å². The minimum atomic E-state index is -0.0909. The predicted molar refractivity (Wildman–Crippen MR) is 85.7 cm³/mol. The number of likely N-dealkylation sites (tertiary alicyclic amines) is 1. The highest BCUT2D eigenvalue weighted by molar-refractivity contribution is 7.11. The second-order valence-electron chi connectivity index (χ2n) is 6.30.